The Morgan fingerprint density at radius 1 is 1.75 bits per heavy atom. The van der Waals surface area contributed by atoms with Crippen molar-refractivity contribution < 1.29 is 4.79 Å². The van der Waals surface area contributed by atoms with Crippen LogP contribution < -0.4 is 5.32 Å². The van der Waals surface area contributed by atoms with Gasteiger partial charge < -0.3 is 5.32 Å². The van der Waals surface area contributed by atoms with Crippen molar-refractivity contribution in [3.8, 4) is 12.3 Å². The Morgan fingerprint density at radius 3 is 3.17 bits per heavy atom. The van der Waals surface area contributed by atoms with Gasteiger partial charge in [0.25, 0.3) is 0 Å². The number of carbonyl (C=O) groups excluding carboxylic acids is 1. The molecule has 12 heavy (non-hydrogen) atoms. The number of amides is 1. The Morgan fingerprint density at radius 2 is 2.58 bits per heavy atom. The van der Waals surface area contributed by atoms with Gasteiger partial charge in [-0.05, 0) is 22.4 Å². The monoisotopic (exact) mass is 179 g/mol. The lowest BCUT2D eigenvalue weighted by Crippen LogP contribution is -2.24. The van der Waals surface area contributed by atoms with Crippen molar-refractivity contribution in [3.63, 3.8) is 0 Å². The molecule has 1 N–H and O–H groups in total. The fraction of sp³-hybridized carbons (Fsp3) is 0.222. The van der Waals surface area contributed by atoms with Crippen LogP contribution >= 0.6 is 11.3 Å². The van der Waals surface area contributed by atoms with Gasteiger partial charge in [0.2, 0.25) is 5.91 Å². The Hall–Kier alpha value is -1.27. The number of hydrogen-bond donors (Lipinski definition) is 1. The van der Waals surface area contributed by atoms with E-state index >= 15 is 0 Å². The van der Waals surface area contributed by atoms with Crippen molar-refractivity contribution in [3.05, 3.63) is 22.4 Å². The molecular weight excluding hydrogens is 170 g/mol. The Bertz CT molecular complexity index is 284. The summed E-state index contributed by atoms with van der Waals surface area (Å²) < 4.78 is 0. The topological polar surface area (TPSA) is 29.1 Å². The Balaban J connectivity index is 2.33. The van der Waals surface area contributed by atoms with E-state index in [1.54, 1.807) is 11.3 Å². The van der Waals surface area contributed by atoms with Crippen LogP contribution in [0.5, 0.6) is 0 Å². The van der Waals surface area contributed by atoms with E-state index in [1.165, 1.54) is 0 Å². The number of rotatable bonds is 3. The molecule has 0 aliphatic heterocycles. The predicted molar refractivity (Wildman–Crippen MR) is 49.9 cm³/mol. The molecule has 0 saturated heterocycles. The molecule has 0 aliphatic rings. The van der Waals surface area contributed by atoms with Crippen LogP contribution in [0.25, 0.3) is 0 Å². The van der Waals surface area contributed by atoms with Crippen molar-refractivity contribution >= 4 is 17.2 Å². The summed E-state index contributed by atoms with van der Waals surface area (Å²) in [6, 6.07) is 1.93. The zero-order valence-corrected chi connectivity index (χ0v) is 7.36. The van der Waals surface area contributed by atoms with E-state index in [0.717, 1.165) is 5.56 Å². The molecule has 0 radical (unpaired) electrons. The lowest BCUT2D eigenvalue weighted by atomic mass is 10.2. The maximum atomic E-state index is 11.1. The van der Waals surface area contributed by atoms with Gasteiger partial charge in [-0.3, -0.25) is 4.79 Å². The molecule has 3 heteroatoms. The van der Waals surface area contributed by atoms with Crippen LogP contribution in [0.15, 0.2) is 16.8 Å². The van der Waals surface area contributed by atoms with Gasteiger partial charge in [0.1, 0.15) is 0 Å². The van der Waals surface area contributed by atoms with Crippen LogP contribution in [0.4, 0.5) is 0 Å². The molecule has 0 atom stereocenters. The van der Waals surface area contributed by atoms with Gasteiger partial charge in [-0.1, -0.05) is 5.92 Å². The third-order valence-corrected chi connectivity index (χ3v) is 2.06. The van der Waals surface area contributed by atoms with E-state index in [4.69, 9.17) is 6.42 Å². The van der Waals surface area contributed by atoms with Crippen molar-refractivity contribution in [2.75, 3.05) is 6.54 Å². The van der Waals surface area contributed by atoms with E-state index in [9.17, 15) is 4.79 Å². The molecule has 0 aromatic carbocycles. The molecule has 1 amide bonds. The molecule has 0 spiro atoms. The van der Waals surface area contributed by atoms with Crippen LogP contribution in [0.2, 0.25) is 0 Å². The Kier molecular flexibility index (Phi) is 3.36. The summed E-state index contributed by atoms with van der Waals surface area (Å²) in [5.74, 6) is 2.33. The minimum atomic E-state index is -0.0219. The first-order valence-electron chi connectivity index (χ1n) is 3.54. The summed E-state index contributed by atoms with van der Waals surface area (Å²) in [4.78, 5) is 11.1. The van der Waals surface area contributed by atoms with Crippen LogP contribution in [-0.2, 0) is 11.2 Å². The van der Waals surface area contributed by atoms with Crippen molar-refractivity contribution in [2.24, 2.45) is 0 Å². The fourth-order valence-electron chi connectivity index (χ4n) is 0.791. The zero-order valence-electron chi connectivity index (χ0n) is 6.54. The highest BCUT2D eigenvalue weighted by molar-refractivity contribution is 7.07. The largest absolute Gasteiger partial charge is 0.345 e. The molecule has 0 fully saturated rings. The average Bonchev–Trinajstić information content (AvgIpc) is 2.53. The fourth-order valence-corrected chi connectivity index (χ4v) is 1.46. The van der Waals surface area contributed by atoms with Crippen molar-refractivity contribution in [1.82, 2.24) is 5.32 Å². The highest BCUT2D eigenvalue weighted by atomic mass is 32.1. The summed E-state index contributed by atoms with van der Waals surface area (Å²) in [6.07, 6.45) is 5.41. The molecule has 1 aromatic heterocycles. The lowest BCUT2D eigenvalue weighted by Gasteiger charge is -1.97. The number of thiophene rings is 1. The zero-order chi connectivity index (χ0) is 8.81. The lowest BCUT2D eigenvalue weighted by molar-refractivity contribution is -0.120. The molecule has 62 valence electrons. The number of terminal acetylenes is 1. The molecule has 2 nitrogen and oxygen atoms in total. The smallest absolute Gasteiger partial charge is 0.225 e. The molecule has 0 unspecified atom stereocenters. The van der Waals surface area contributed by atoms with Gasteiger partial charge in [-0.2, -0.15) is 11.3 Å². The first-order valence-corrected chi connectivity index (χ1v) is 4.48. The second-order valence-electron chi connectivity index (χ2n) is 2.29. The molecule has 0 aliphatic carbocycles. The minimum Gasteiger partial charge on any atom is -0.345 e. The van der Waals surface area contributed by atoms with Gasteiger partial charge >= 0.3 is 0 Å². The van der Waals surface area contributed by atoms with E-state index < -0.39 is 0 Å². The number of carbonyl (C=O) groups is 1. The predicted octanol–water partition coefficient (Wildman–Crippen LogP) is 1.04. The summed E-state index contributed by atoms with van der Waals surface area (Å²) in [5, 5.41) is 6.50. The summed E-state index contributed by atoms with van der Waals surface area (Å²) in [7, 11) is 0. The molecule has 1 heterocycles. The molecule has 1 rings (SSSR count). The summed E-state index contributed by atoms with van der Waals surface area (Å²) in [5.41, 5.74) is 1.04. The first-order chi connectivity index (χ1) is 5.83. The van der Waals surface area contributed by atoms with Crippen LogP contribution in [0.3, 0.4) is 0 Å². The second kappa shape index (κ2) is 4.58. The van der Waals surface area contributed by atoms with Crippen LogP contribution in [0.1, 0.15) is 5.56 Å². The molecular formula is C9H9NOS. The Labute approximate surface area is 75.6 Å². The van der Waals surface area contributed by atoms with E-state index in [2.05, 4.69) is 11.2 Å². The van der Waals surface area contributed by atoms with Gasteiger partial charge in [-0.25, -0.2) is 0 Å². The maximum absolute atomic E-state index is 11.1. The van der Waals surface area contributed by atoms with Gasteiger partial charge in [-0.15, -0.1) is 6.42 Å². The van der Waals surface area contributed by atoms with Gasteiger partial charge in [0.05, 0.1) is 13.0 Å². The SMILES string of the molecule is C#CCNC(=O)Cc1ccsc1. The molecule has 0 saturated carbocycles. The maximum Gasteiger partial charge on any atom is 0.225 e. The third-order valence-electron chi connectivity index (χ3n) is 1.33. The highest BCUT2D eigenvalue weighted by Gasteiger charge is 2.00. The number of nitrogens with one attached hydrogen (secondary N) is 1. The van der Waals surface area contributed by atoms with E-state index in [-0.39, 0.29) is 5.91 Å². The molecule has 0 bridgehead atoms. The van der Waals surface area contributed by atoms with Crippen molar-refractivity contribution in [1.29, 1.82) is 0 Å². The second-order valence-corrected chi connectivity index (χ2v) is 3.07. The van der Waals surface area contributed by atoms with E-state index in [1.807, 2.05) is 16.8 Å². The van der Waals surface area contributed by atoms with Gasteiger partial charge in [0, 0.05) is 0 Å². The molecule has 1 aromatic rings. The summed E-state index contributed by atoms with van der Waals surface area (Å²) >= 11 is 1.59. The normalized spacial score (nSPS) is 8.92. The third kappa shape index (κ3) is 2.77. The highest BCUT2D eigenvalue weighted by Crippen LogP contribution is 2.05. The van der Waals surface area contributed by atoms with Crippen LogP contribution in [-0.4, -0.2) is 12.5 Å². The average molecular weight is 179 g/mol. The van der Waals surface area contributed by atoms with Crippen LogP contribution in [0, 0.1) is 12.3 Å². The summed E-state index contributed by atoms with van der Waals surface area (Å²) in [6.45, 7) is 0.309. The van der Waals surface area contributed by atoms with Crippen molar-refractivity contribution in [2.45, 2.75) is 6.42 Å². The first kappa shape index (κ1) is 8.82. The standard InChI is InChI=1S/C9H9NOS/c1-2-4-10-9(11)6-8-3-5-12-7-8/h1,3,5,7H,4,6H2,(H,10,11). The van der Waals surface area contributed by atoms with E-state index in [0.29, 0.717) is 13.0 Å². The minimum absolute atomic E-state index is 0.0219. The van der Waals surface area contributed by atoms with Gasteiger partial charge in [0.15, 0.2) is 0 Å². The quantitative estimate of drug-likeness (QED) is 0.690. The number of hydrogen-bond acceptors (Lipinski definition) is 2.